The van der Waals surface area contributed by atoms with Crippen LogP contribution in [0, 0.1) is 6.92 Å². The normalized spacial score (nSPS) is 19.0. The van der Waals surface area contributed by atoms with Gasteiger partial charge in [-0.1, -0.05) is 0 Å². The van der Waals surface area contributed by atoms with Crippen LogP contribution in [0.15, 0.2) is 21.1 Å². The Kier molecular flexibility index (Phi) is 3.69. The maximum atomic E-state index is 12.5. The number of aromatic nitrogens is 3. The first kappa shape index (κ1) is 14.2. The van der Waals surface area contributed by atoms with Crippen molar-refractivity contribution in [1.82, 2.24) is 19.5 Å². The molecule has 0 amide bonds. The fourth-order valence-electron chi connectivity index (χ4n) is 2.35. The highest BCUT2D eigenvalue weighted by Gasteiger charge is 2.29. The molecule has 1 aliphatic rings. The number of sulfonamides is 1. The predicted octanol–water partition coefficient (Wildman–Crippen LogP) is 2.22. The summed E-state index contributed by atoms with van der Waals surface area (Å²) in [6.45, 7) is 2.59. The van der Waals surface area contributed by atoms with Crippen LogP contribution in [0.5, 0.6) is 0 Å². The van der Waals surface area contributed by atoms with Crippen LogP contribution in [0.25, 0.3) is 0 Å². The Bertz CT molecular complexity index is 737. The lowest BCUT2D eigenvalue weighted by molar-refractivity contribution is 0.400. The van der Waals surface area contributed by atoms with E-state index >= 15 is 0 Å². The van der Waals surface area contributed by atoms with Crippen molar-refractivity contribution in [3.05, 3.63) is 26.9 Å². The van der Waals surface area contributed by atoms with Gasteiger partial charge in [0.05, 0.1) is 14.7 Å². The van der Waals surface area contributed by atoms with Gasteiger partial charge >= 0.3 is 0 Å². The number of rotatable bonds is 3. The van der Waals surface area contributed by atoms with E-state index in [1.165, 1.54) is 17.7 Å². The van der Waals surface area contributed by atoms with E-state index in [9.17, 15) is 8.42 Å². The number of aryl methyl sites for hydroxylation is 2. The molecule has 0 spiro atoms. The summed E-state index contributed by atoms with van der Waals surface area (Å²) in [5.74, 6) is 0.687. The third kappa shape index (κ3) is 2.54. The van der Waals surface area contributed by atoms with Crippen molar-refractivity contribution in [2.45, 2.75) is 37.2 Å². The van der Waals surface area contributed by atoms with E-state index in [1.807, 2.05) is 0 Å². The van der Waals surface area contributed by atoms with Crippen molar-refractivity contribution in [2.75, 3.05) is 0 Å². The maximum absolute atomic E-state index is 12.5. The number of nitrogens with zero attached hydrogens (tertiary/aromatic N) is 3. The van der Waals surface area contributed by atoms with Crippen molar-refractivity contribution in [1.29, 1.82) is 0 Å². The SMILES string of the molecule is Cc1sc(Br)cc1S(=O)(=O)N[C@H]1CCCn2ncnc21. The fourth-order valence-corrected chi connectivity index (χ4v) is 5.99. The van der Waals surface area contributed by atoms with Gasteiger partial charge < -0.3 is 0 Å². The summed E-state index contributed by atoms with van der Waals surface area (Å²) in [5.41, 5.74) is 0. The average molecular weight is 377 g/mol. The molecule has 3 heterocycles. The van der Waals surface area contributed by atoms with E-state index in [4.69, 9.17) is 0 Å². The van der Waals surface area contributed by atoms with Gasteiger partial charge in [-0.15, -0.1) is 11.3 Å². The summed E-state index contributed by atoms with van der Waals surface area (Å²) in [6.07, 6.45) is 3.09. The number of hydrogen-bond donors (Lipinski definition) is 1. The molecule has 0 unspecified atom stereocenters. The van der Waals surface area contributed by atoms with Crippen molar-refractivity contribution in [2.24, 2.45) is 0 Å². The van der Waals surface area contributed by atoms with Gasteiger partial charge in [-0.25, -0.2) is 22.8 Å². The number of thiophene rings is 1. The Labute approximate surface area is 129 Å². The molecule has 2 aromatic rings. The van der Waals surface area contributed by atoms with E-state index in [0.717, 1.165) is 28.0 Å². The average Bonchev–Trinajstić information content (AvgIpc) is 2.96. The first-order chi connectivity index (χ1) is 9.47. The molecule has 0 saturated carbocycles. The minimum atomic E-state index is -3.54. The molecule has 0 radical (unpaired) electrons. The van der Waals surface area contributed by atoms with E-state index in [1.54, 1.807) is 17.7 Å². The van der Waals surface area contributed by atoms with Crippen LogP contribution in [0.1, 0.15) is 29.6 Å². The second-order valence-corrected chi connectivity index (χ2v) is 8.95. The molecule has 0 aliphatic carbocycles. The van der Waals surface area contributed by atoms with Crippen molar-refractivity contribution < 1.29 is 8.42 Å². The van der Waals surface area contributed by atoms with E-state index in [2.05, 4.69) is 30.7 Å². The molecule has 1 aliphatic heterocycles. The Morgan fingerprint density at radius 3 is 3.05 bits per heavy atom. The Morgan fingerprint density at radius 2 is 2.35 bits per heavy atom. The first-order valence-electron chi connectivity index (χ1n) is 6.13. The number of fused-ring (bicyclic) bond motifs is 1. The van der Waals surface area contributed by atoms with Crippen molar-refractivity contribution in [3.8, 4) is 0 Å². The maximum Gasteiger partial charge on any atom is 0.242 e. The quantitative estimate of drug-likeness (QED) is 0.890. The Hall–Kier alpha value is -0.770. The lowest BCUT2D eigenvalue weighted by Crippen LogP contribution is -2.33. The highest BCUT2D eigenvalue weighted by atomic mass is 79.9. The smallest absolute Gasteiger partial charge is 0.242 e. The standard InChI is InChI=1S/C11H13BrN4O2S2/c1-7-9(5-10(12)19-7)20(17,18)15-8-3-2-4-16-11(8)13-6-14-16/h5-6,8,15H,2-4H2,1H3/t8-/m0/s1. The topological polar surface area (TPSA) is 76.9 Å². The summed E-state index contributed by atoms with van der Waals surface area (Å²) < 4.78 is 30.3. The Balaban J connectivity index is 1.91. The minimum absolute atomic E-state index is 0.311. The molecule has 0 aromatic carbocycles. The molecule has 9 heteroatoms. The number of halogens is 1. The van der Waals surface area contributed by atoms with Crippen LogP contribution in [0.4, 0.5) is 0 Å². The highest BCUT2D eigenvalue weighted by Crippen LogP contribution is 2.31. The highest BCUT2D eigenvalue weighted by molar-refractivity contribution is 9.11. The van der Waals surface area contributed by atoms with Crippen LogP contribution < -0.4 is 4.72 Å². The summed E-state index contributed by atoms with van der Waals surface area (Å²) >= 11 is 4.73. The van der Waals surface area contributed by atoms with Crippen LogP contribution in [0.2, 0.25) is 0 Å². The van der Waals surface area contributed by atoms with E-state index in [-0.39, 0.29) is 6.04 Å². The zero-order valence-electron chi connectivity index (χ0n) is 10.7. The molecule has 6 nitrogen and oxygen atoms in total. The number of nitrogens with one attached hydrogen (secondary N) is 1. The largest absolute Gasteiger partial charge is 0.248 e. The zero-order chi connectivity index (χ0) is 14.3. The monoisotopic (exact) mass is 376 g/mol. The van der Waals surface area contributed by atoms with Gasteiger partial charge in [0.25, 0.3) is 0 Å². The summed E-state index contributed by atoms with van der Waals surface area (Å²) in [7, 11) is -3.54. The fraction of sp³-hybridized carbons (Fsp3) is 0.455. The molecular formula is C11H13BrN4O2S2. The summed E-state index contributed by atoms with van der Waals surface area (Å²) in [5, 5.41) is 4.10. The molecule has 108 valence electrons. The zero-order valence-corrected chi connectivity index (χ0v) is 13.9. The summed E-state index contributed by atoms with van der Waals surface area (Å²) in [6, 6.07) is 1.32. The predicted molar refractivity (Wildman–Crippen MR) is 79.1 cm³/mol. The van der Waals surface area contributed by atoms with E-state index < -0.39 is 10.0 Å². The van der Waals surface area contributed by atoms with Crippen LogP contribution in [0.3, 0.4) is 0 Å². The van der Waals surface area contributed by atoms with Crippen LogP contribution >= 0.6 is 27.3 Å². The molecule has 0 bridgehead atoms. The second kappa shape index (κ2) is 5.21. The molecule has 1 N–H and O–H groups in total. The number of hydrogen-bond acceptors (Lipinski definition) is 5. The molecule has 0 fully saturated rings. The van der Waals surface area contributed by atoms with Gasteiger partial charge in [-0.3, -0.25) is 0 Å². The third-order valence-corrected chi connectivity index (χ3v) is 6.53. The molecule has 3 rings (SSSR count). The van der Waals surface area contributed by atoms with Gasteiger partial charge in [0.1, 0.15) is 12.2 Å². The van der Waals surface area contributed by atoms with Gasteiger partial charge in [0, 0.05) is 11.4 Å². The molecular weight excluding hydrogens is 364 g/mol. The Morgan fingerprint density at radius 1 is 1.55 bits per heavy atom. The van der Waals surface area contributed by atoms with E-state index in [0.29, 0.717) is 10.7 Å². The first-order valence-corrected chi connectivity index (χ1v) is 9.22. The van der Waals surface area contributed by atoms with Gasteiger partial charge in [-0.2, -0.15) is 5.10 Å². The molecule has 1 atom stereocenters. The van der Waals surface area contributed by atoms with Gasteiger partial charge in [0.2, 0.25) is 10.0 Å². The minimum Gasteiger partial charge on any atom is -0.248 e. The van der Waals surface area contributed by atoms with Gasteiger partial charge in [0.15, 0.2) is 0 Å². The molecule has 0 saturated heterocycles. The van der Waals surface area contributed by atoms with Gasteiger partial charge in [-0.05, 0) is 41.8 Å². The van der Waals surface area contributed by atoms with Crippen LogP contribution in [-0.2, 0) is 16.6 Å². The third-order valence-electron chi connectivity index (χ3n) is 3.25. The van der Waals surface area contributed by atoms with Crippen molar-refractivity contribution >= 4 is 37.3 Å². The molecule has 2 aromatic heterocycles. The second-order valence-electron chi connectivity index (χ2n) is 4.63. The summed E-state index contributed by atoms with van der Waals surface area (Å²) in [4.78, 5) is 5.25. The lowest BCUT2D eigenvalue weighted by Gasteiger charge is -2.22. The molecule has 20 heavy (non-hydrogen) atoms. The van der Waals surface area contributed by atoms with Crippen LogP contribution in [-0.4, -0.2) is 23.2 Å². The van der Waals surface area contributed by atoms with Crippen molar-refractivity contribution in [3.63, 3.8) is 0 Å². The lowest BCUT2D eigenvalue weighted by atomic mass is 10.1.